The van der Waals surface area contributed by atoms with Crippen molar-refractivity contribution in [2.24, 2.45) is 0 Å². The normalized spacial score (nSPS) is 16.6. The van der Waals surface area contributed by atoms with Crippen LogP contribution >= 0.6 is 15.9 Å². The van der Waals surface area contributed by atoms with Gasteiger partial charge in [0.1, 0.15) is 0 Å². The highest BCUT2D eigenvalue weighted by atomic mass is 79.9. The number of amides is 1. The van der Waals surface area contributed by atoms with E-state index in [0.717, 1.165) is 15.0 Å². The number of hydrogen-bond acceptors (Lipinski definition) is 3. The van der Waals surface area contributed by atoms with Crippen molar-refractivity contribution >= 4 is 31.9 Å². The minimum Gasteiger partial charge on any atom is -0.268 e. The SMILES string of the molecule is O=C1c2ccccc2S(=O)(=O)NN1Cc1ccc(Br)cc1. The van der Waals surface area contributed by atoms with Gasteiger partial charge in [-0.05, 0) is 29.8 Å². The molecule has 0 atom stereocenters. The fourth-order valence-corrected chi connectivity index (χ4v) is 3.64. The molecule has 2 aromatic carbocycles. The zero-order valence-corrected chi connectivity index (χ0v) is 13.2. The lowest BCUT2D eigenvalue weighted by molar-refractivity contribution is 0.0687. The first-order valence-corrected chi connectivity index (χ1v) is 8.43. The molecular weight excluding hydrogens is 356 g/mol. The number of sulfonamides is 1. The quantitative estimate of drug-likeness (QED) is 0.886. The molecule has 1 aliphatic heterocycles. The molecule has 0 bridgehead atoms. The Kier molecular flexibility index (Phi) is 3.56. The highest BCUT2D eigenvalue weighted by molar-refractivity contribution is 9.10. The maximum absolute atomic E-state index is 12.4. The number of benzene rings is 2. The van der Waals surface area contributed by atoms with Crippen LogP contribution in [-0.2, 0) is 16.6 Å². The van der Waals surface area contributed by atoms with Crippen LogP contribution in [0.1, 0.15) is 15.9 Å². The van der Waals surface area contributed by atoms with Crippen LogP contribution in [0.25, 0.3) is 0 Å². The average molecular weight is 367 g/mol. The van der Waals surface area contributed by atoms with Gasteiger partial charge in [-0.2, -0.15) is 0 Å². The predicted molar refractivity (Wildman–Crippen MR) is 80.8 cm³/mol. The number of nitrogens with one attached hydrogen (secondary N) is 1. The number of halogens is 1. The average Bonchev–Trinajstić information content (AvgIpc) is 2.47. The summed E-state index contributed by atoms with van der Waals surface area (Å²) in [5.74, 6) is -0.358. The van der Waals surface area contributed by atoms with Gasteiger partial charge in [-0.3, -0.25) is 9.80 Å². The van der Waals surface area contributed by atoms with E-state index in [1.54, 1.807) is 12.1 Å². The first-order valence-electron chi connectivity index (χ1n) is 6.15. The Morgan fingerprint density at radius 3 is 2.43 bits per heavy atom. The van der Waals surface area contributed by atoms with Crippen LogP contribution < -0.4 is 4.83 Å². The first kappa shape index (κ1) is 14.2. The van der Waals surface area contributed by atoms with Gasteiger partial charge in [0.25, 0.3) is 15.9 Å². The van der Waals surface area contributed by atoms with Gasteiger partial charge < -0.3 is 0 Å². The van der Waals surface area contributed by atoms with Crippen molar-refractivity contribution < 1.29 is 13.2 Å². The third kappa shape index (κ3) is 2.72. The number of fused-ring (bicyclic) bond motifs is 1. The van der Waals surface area contributed by atoms with Crippen LogP contribution in [0.15, 0.2) is 57.9 Å². The topological polar surface area (TPSA) is 66.5 Å². The van der Waals surface area contributed by atoms with E-state index in [0.29, 0.717) is 0 Å². The molecule has 0 unspecified atom stereocenters. The van der Waals surface area contributed by atoms with Gasteiger partial charge in [-0.1, -0.05) is 40.2 Å². The lowest BCUT2D eigenvalue weighted by atomic mass is 10.2. The summed E-state index contributed by atoms with van der Waals surface area (Å²) in [5, 5.41) is 1.11. The first-order chi connectivity index (χ1) is 9.97. The Morgan fingerprint density at radius 1 is 1.05 bits per heavy atom. The summed E-state index contributed by atoms with van der Waals surface area (Å²) in [5.41, 5.74) is 1.02. The minimum absolute atomic E-state index is 0.0158. The Hall–Kier alpha value is -1.70. The molecule has 0 aliphatic carbocycles. The van der Waals surface area contributed by atoms with Crippen molar-refractivity contribution in [1.82, 2.24) is 9.84 Å². The maximum Gasteiger partial charge on any atom is 0.270 e. The van der Waals surface area contributed by atoms with Crippen molar-refractivity contribution in [3.05, 3.63) is 64.1 Å². The van der Waals surface area contributed by atoms with Crippen molar-refractivity contribution in [2.45, 2.75) is 11.4 Å². The summed E-state index contributed by atoms with van der Waals surface area (Å²) in [6, 6.07) is 13.5. The van der Waals surface area contributed by atoms with E-state index in [2.05, 4.69) is 20.8 Å². The Morgan fingerprint density at radius 2 is 1.71 bits per heavy atom. The second-order valence-corrected chi connectivity index (χ2v) is 7.15. The zero-order valence-electron chi connectivity index (χ0n) is 10.8. The number of hydrazine groups is 1. The number of hydrogen-bond donors (Lipinski definition) is 1. The van der Waals surface area contributed by atoms with Crippen LogP contribution in [0.2, 0.25) is 0 Å². The minimum atomic E-state index is -3.71. The molecule has 2 aromatic rings. The van der Waals surface area contributed by atoms with Gasteiger partial charge in [0.15, 0.2) is 0 Å². The summed E-state index contributed by atoms with van der Waals surface area (Å²) in [4.78, 5) is 14.7. The Bertz CT molecular complexity index is 803. The van der Waals surface area contributed by atoms with E-state index >= 15 is 0 Å². The molecule has 7 heteroatoms. The van der Waals surface area contributed by atoms with Crippen LogP contribution in [0.5, 0.6) is 0 Å². The molecule has 21 heavy (non-hydrogen) atoms. The predicted octanol–water partition coefficient (Wildman–Crippen LogP) is 2.30. The number of nitrogens with zero attached hydrogens (tertiary/aromatic N) is 1. The third-order valence-electron chi connectivity index (χ3n) is 3.14. The maximum atomic E-state index is 12.4. The smallest absolute Gasteiger partial charge is 0.268 e. The van der Waals surface area contributed by atoms with Crippen LogP contribution in [-0.4, -0.2) is 19.3 Å². The number of carbonyl (C=O) groups is 1. The van der Waals surface area contributed by atoms with Gasteiger partial charge >= 0.3 is 0 Å². The summed E-state index contributed by atoms with van der Waals surface area (Å²) >= 11 is 3.33. The van der Waals surface area contributed by atoms with E-state index in [1.807, 2.05) is 24.3 Å². The molecule has 0 spiro atoms. The molecule has 0 radical (unpaired) electrons. The second-order valence-electron chi connectivity index (χ2n) is 4.61. The lowest BCUT2D eigenvalue weighted by Gasteiger charge is -2.28. The van der Waals surface area contributed by atoms with Gasteiger partial charge in [0.05, 0.1) is 17.0 Å². The largest absolute Gasteiger partial charge is 0.270 e. The van der Waals surface area contributed by atoms with Gasteiger partial charge in [0.2, 0.25) is 0 Å². The van der Waals surface area contributed by atoms with Crippen molar-refractivity contribution in [3.63, 3.8) is 0 Å². The molecule has 108 valence electrons. The van der Waals surface area contributed by atoms with E-state index in [4.69, 9.17) is 0 Å². The van der Waals surface area contributed by atoms with E-state index in [9.17, 15) is 13.2 Å². The fraction of sp³-hybridized carbons (Fsp3) is 0.0714. The molecule has 1 amide bonds. The van der Waals surface area contributed by atoms with Crippen LogP contribution in [0, 0.1) is 0 Å². The van der Waals surface area contributed by atoms with Crippen LogP contribution in [0.4, 0.5) is 0 Å². The molecular formula is C14H11BrN2O3S. The molecule has 3 rings (SSSR count). The van der Waals surface area contributed by atoms with Crippen molar-refractivity contribution in [3.8, 4) is 0 Å². The molecule has 0 fully saturated rings. The van der Waals surface area contributed by atoms with Crippen LogP contribution in [0.3, 0.4) is 0 Å². The standard InChI is InChI=1S/C14H11BrN2O3S/c15-11-7-5-10(6-8-11)9-17-14(18)12-3-1-2-4-13(12)21(19,20)16-17/h1-8,16H,9H2. The number of carbonyl (C=O) groups excluding carboxylic acids is 1. The summed E-state index contributed by atoms with van der Waals surface area (Å²) in [6.07, 6.45) is 0. The van der Waals surface area contributed by atoms with Crippen molar-refractivity contribution in [2.75, 3.05) is 0 Å². The monoisotopic (exact) mass is 366 g/mol. The van der Waals surface area contributed by atoms with Gasteiger partial charge in [0, 0.05) is 4.47 Å². The van der Waals surface area contributed by atoms with Crippen molar-refractivity contribution in [1.29, 1.82) is 0 Å². The van der Waals surface area contributed by atoms with Gasteiger partial charge in [-0.15, -0.1) is 4.83 Å². The molecule has 0 saturated heterocycles. The zero-order chi connectivity index (χ0) is 15.0. The third-order valence-corrected chi connectivity index (χ3v) is 5.06. The highest BCUT2D eigenvalue weighted by Gasteiger charge is 2.33. The lowest BCUT2D eigenvalue weighted by Crippen LogP contribution is -2.49. The molecule has 0 saturated carbocycles. The molecule has 1 aliphatic rings. The molecule has 0 aromatic heterocycles. The highest BCUT2D eigenvalue weighted by Crippen LogP contribution is 2.23. The molecule has 5 nitrogen and oxygen atoms in total. The van der Waals surface area contributed by atoms with E-state index in [1.165, 1.54) is 12.1 Å². The Balaban J connectivity index is 1.96. The Labute approximate surface area is 130 Å². The molecule has 1 N–H and O–H groups in total. The van der Waals surface area contributed by atoms with Gasteiger partial charge in [-0.25, -0.2) is 8.42 Å². The van der Waals surface area contributed by atoms with E-state index in [-0.39, 0.29) is 22.9 Å². The summed E-state index contributed by atoms with van der Waals surface area (Å²) in [6.45, 7) is 0.166. The number of rotatable bonds is 2. The van der Waals surface area contributed by atoms with E-state index < -0.39 is 10.0 Å². The summed E-state index contributed by atoms with van der Waals surface area (Å²) < 4.78 is 25.2. The second kappa shape index (κ2) is 5.25. The fourth-order valence-electron chi connectivity index (χ4n) is 2.14. The summed E-state index contributed by atoms with van der Waals surface area (Å²) in [7, 11) is -3.71. The molecule has 1 heterocycles.